The topological polar surface area (TPSA) is 98.5 Å². The maximum atomic E-state index is 12.2. The summed E-state index contributed by atoms with van der Waals surface area (Å²) < 4.78 is 36.5. The summed E-state index contributed by atoms with van der Waals surface area (Å²) in [5.41, 5.74) is 1.35. The maximum absolute atomic E-state index is 12.2. The first kappa shape index (κ1) is 18.2. The molecule has 0 aliphatic rings. The Morgan fingerprint density at radius 1 is 1.25 bits per heavy atom. The Morgan fingerprint density at radius 2 is 1.88 bits per heavy atom. The van der Waals surface area contributed by atoms with E-state index in [0.29, 0.717) is 11.7 Å². The summed E-state index contributed by atoms with van der Waals surface area (Å²) in [4.78, 5) is 11.8. The van der Waals surface area contributed by atoms with E-state index in [0.717, 1.165) is 5.56 Å². The molecule has 0 aliphatic heterocycles. The zero-order chi connectivity index (χ0) is 17.9. The smallest absolute Gasteiger partial charge is 0.326 e. The predicted octanol–water partition coefficient (Wildman–Crippen LogP) is 2.30. The van der Waals surface area contributed by atoms with E-state index >= 15 is 0 Å². The summed E-state index contributed by atoms with van der Waals surface area (Å²) >= 11 is 0. The lowest BCUT2D eigenvalue weighted by molar-refractivity contribution is -0.133. The fourth-order valence-corrected chi connectivity index (χ4v) is 3.47. The quantitative estimate of drug-likeness (QED) is 0.633. The van der Waals surface area contributed by atoms with Crippen molar-refractivity contribution in [1.29, 1.82) is 0 Å². The summed E-state index contributed by atoms with van der Waals surface area (Å²) in [7, 11) is -3.89. The number of nitrogens with one attached hydrogen (secondary N) is 1. The Hall–Kier alpha value is -2.19. The molecule has 2 aromatic rings. The van der Waals surface area contributed by atoms with Crippen LogP contribution in [0.15, 0.2) is 33.7 Å². The minimum atomic E-state index is -3.89. The molecule has 0 saturated heterocycles. The monoisotopic (exact) mass is 352 g/mol. The minimum absolute atomic E-state index is 0.0587. The summed E-state index contributed by atoms with van der Waals surface area (Å²) in [6, 6.07) is 7.08. The van der Waals surface area contributed by atoms with Crippen LogP contribution in [0.4, 0.5) is 0 Å². The Bertz CT molecular complexity index is 803. The summed E-state index contributed by atoms with van der Waals surface area (Å²) in [6.45, 7) is 6.64. The van der Waals surface area contributed by atoms with Gasteiger partial charge >= 0.3 is 5.97 Å². The first-order valence-corrected chi connectivity index (χ1v) is 8.92. The lowest BCUT2D eigenvalue weighted by atomic mass is 10.0. The zero-order valence-electron chi connectivity index (χ0n) is 14.0. The van der Waals surface area contributed by atoms with E-state index < -0.39 is 22.5 Å². The largest absolute Gasteiger partial charge is 0.426 e. The van der Waals surface area contributed by atoms with Gasteiger partial charge in [-0.1, -0.05) is 31.1 Å². The van der Waals surface area contributed by atoms with Crippen LogP contribution in [0.25, 0.3) is 0 Å². The van der Waals surface area contributed by atoms with Crippen molar-refractivity contribution in [2.24, 2.45) is 0 Å². The molecule has 8 heteroatoms. The second-order valence-electron chi connectivity index (χ2n) is 5.68. The van der Waals surface area contributed by atoms with Crippen molar-refractivity contribution in [2.45, 2.75) is 38.5 Å². The molecule has 0 aliphatic carbocycles. The second kappa shape index (κ2) is 7.14. The molecule has 1 heterocycles. The Kier molecular flexibility index (Phi) is 5.40. The Labute approximate surface area is 141 Å². The fourth-order valence-electron chi connectivity index (χ4n) is 2.17. The number of carbonyl (C=O) groups excluding carboxylic acids is 1. The number of aryl methyl sites for hydroxylation is 2. The van der Waals surface area contributed by atoms with Crippen molar-refractivity contribution in [3.63, 3.8) is 0 Å². The van der Waals surface area contributed by atoms with Gasteiger partial charge in [0, 0.05) is 0 Å². The van der Waals surface area contributed by atoms with E-state index in [-0.39, 0.29) is 16.3 Å². The molecule has 1 N–H and O–H groups in total. The molecule has 0 unspecified atom stereocenters. The number of ether oxygens (including phenoxy) is 1. The van der Waals surface area contributed by atoms with Crippen molar-refractivity contribution in [3.05, 3.63) is 41.3 Å². The molecule has 130 valence electrons. The standard InChI is InChI=1S/C16H20N2O5S/c1-10(2)13-5-7-14(8-6-13)22-15(19)9-17-24(20,21)16-11(3)18-23-12(16)4/h5-8,10,17H,9H2,1-4H3. The van der Waals surface area contributed by atoms with E-state index in [1.807, 2.05) is 12.1 Å². The first-order valence-electron chi connectivity index (χ1n) is 7.44. The third-order valence-corrected chi connectivity index (χ3v) is 5.07. The highest BCUT2D eigenvalue weighted by molar-refractivity contribution is 7.89. The van der Waals surface area contributed by atoms with Gasteiger partial charge in [0.15, 0.2) is 5.76 Å². The highest BCUT2D eigenvalue weighted by Gasteiger charge is 2.24. The lowest BCUT2D eigenvalue weighted by Gasteiger charge is -2.08. The van der Waals surface area contributed by atoms with Crippen LogP contribution in [0.3, 0.4) is 0 Å². The number of esters is 1. The van der Waals surface area contributed by atoms with Crippen molar-refractivity contribution < 1.29 is 22.5 Å². The van der Waals surface area contributed by atoms with E-state index in [9.17, 15) is 13.2 Å². The van der Waals surface area contributed by atoms with Crippen molar-refractivity contribution in [2.75, 3.05) is 6.54 Å². The SMILES string of the molecule is Cc1noc(C)c1S(=O)(=O)NCC(=O)Oc1ccc(C(C)C)cc1. The van der Waals surface area contributed by atoms with Gasteiger partial charge < -0.3 is 9.26 Å². The Balaban J connectivity index is 1.98. The number of benzene rings is 1. The molecule has 1 aromatic heterocycles. The van der Waals surface area contributed by atoms with Gasteiger partial charge in [0.1, 0.15) is 22.9 Å². The normalized spacial score (nSPS) is 11.7. The van der Waals surface area contributed by atoms with Crippen LogP contribution in [0.1, 0.15) is 36.8 Å². The van der Waals surface area contributed by atoms with Crippen molar-refractivity contribution in [1.82, 2.24) is 9.88 Å². The molecular weight excluding hydrogens is 332 g/mol. The van der Waals surface area contributed by atoms with Crippen LogP contribution in [0.5, 0.6) is 5.75 Å². The van der Waals surface area contributed by atoms with Crippen molar-refractivity contribution >= 4 is 16.0 Å². The van der Waals surface area contributed by atoms with Gasteiger partial charge in [0.2, 0.25) is 10.0 Å². The van der Waals surface area contributed by atoms with Gasteiger partial charge in [0.25, 0.3) is 0 Å². The van der Waals surface area contributed by atoms with Gasteiger partial charge in [0.05, 0.1) is 0 Å². The number of hydrogen-bond acceptors (Lipinski definition) is 6. The predicted molar refractivity (Wildman–Crippen MR) is 87.3 cm³/mol. The van der Waals surface area contributed by atoms with Crippen LogP contribution in [0, 0.1) is 13.8 Å². The van der Waals surface area contributed by atoms with Gasteiger partial charge in [-0.25, -0.2) is 8.42 Å². The summed E-state index contributed by atoms with van der Waals surface area (Å²) in [5.74, 6) is 0.192. The van der Waals surface area contributed by atoms with E-state index in [1.165, 1.54) is 13.8 Å². The van der Waals surface area contributed by atoms with Crippen LogP contribution >= 0.6 is 0 Å². The van der Waals surface area contributed by atoms with Gasteiger partial charge in [-0.3, -0.25) is 4.79 Å². The molecule has 1 aromatic carbocycles. The molecule has 7 nitrogen and oxygen atoms in total. The number of rotatable bonds is 6. The molecule has 0 amide bonds. The average Bonchev–Trinajstić information content (AvgIpc) is 2.85. The first-order chi connectivity index (χ1) is 11.2. The second-order valence-corrected chi connectivity index (χ2v) is 7.38. The number of nitrogens with zero attached hydrogens (tertiary/aromatic N) is 1. The molecule has 24 heavy (non-hydrogen) atoms. The minimum Gasteiger partial charge on any atom is -0.426 e. The van der Waals surface area contributed by atoms with E-state index in [2.05, 4.69) is 23.7 Å². The van der Waals surface area contributed by atoms with Crippen LogP contribution in [-0.4, -0.2) is 26.1 Å². The van der Waals surface area contributed by atoms with E-state index in [4.69, 9.17) is 9.26 Å². The maximum Gasteiger partial charge on any atom is 0.326 e. The third-order valence-electron chi connectivity index (χ3n) is 3.42. The third kappa shape index (κ3) is 4.21. The average molecular weight is 352 g/mol. The van der Waals surface area contributed by atoms with E-state index in [1.54, 1.807) is 12.1 Å². The molecular formula is C16H20N2O5S. The number of sulfonamides is 1. The molecule has 2 rings (SSSR count). The molecule has 0 radical (unpaired) electrons. The number of hydrogen-bond donors (Lipinski definition) is 1. The number of aromatic nitrogens is 1. The Morgan fingerprint density at radius 3 is 2.38 bits per heavy atom. The van der Waals surface area contributed by atoms with Gasteiger partial charge in [-0.05, 0) is 37.5 Å². The molecule has 0 bridgehead atoms. The van der Waals surface area contributed by atoms with Crippen LogP contribution in [0.2, 0.25) is 0 Å². The van der Waals surface area contributed by atoms with Crippen molar-refractivity contribution in [3.8, 4) is 5.75 Å². The van der Waals surface area contributed by atoms with Gasteiger partial charge in [-0.2, -0.15) is 4.72 Å². The number of carbonyl (C=O) groups is 1. The highest BCUT2D eigenvalue weighted by Crippen LogP contribution is 2.19. The summed E-state index contributed by atoms with van der Waals surface area (Å²) in [5, 5.41) is 3.59. The fraction of sp³-hybridized carbons (Fsp3) is 0.375. The van der Waals surface area contributed by atoms with Crippen LogP contribution in [-0.2, 0) is 14.8 Å². The molecule has 0 saturated carbocycles. The molecule has 0 fully saturated rings. The molecule has 0 atom stereocenters. The van der Waals surface area contributed by atoms with Crippen LogP contribution < -0.4 is 9.46 Å². The summed E-state index contributed by atoms with van der Waals surface area (Å²) in [6.07, 6.45) is 0. The lowest BCUT2D eigenvalue weighted by Crippen LogP contribution is -2.32. The highest BCUT2D eigenvalue weighted by atomic mass is 32.2. The van der Waals surface area contributed by atoms with Gasteiger partial charge in [-0.15, -0.1) is 0 Å². The zero-order valence-corrected chi connectivity index (χ0v) is 14.8. The molecule has 0 spiro atoms.